The minimum Gasteiger partial charge on any atom is -0.311 e. The molecule has 0 atom stereocenters. The molecule has 0 bridgehead atoms. The number of thioether (sulfide) groups is 1. The van der Waals surface area contributed by atoms with E-state index in [9.17, 15) is 0 Å². The van der Waals surface area contributed by atoms with Gasteiger partial charge in [0.2, 0.25) is 0 Å². The number of benzene rings is 1. The molecule has 1 rings (SSSR count). The summed E-state index contributed by atoms with van der Waals surface area (Å²) in [5.41, 5.74) is 1.60. The van der Waals surface area contributed by atoms with Crippen molar-refractivity contribution in [2.75, 3.05) is 12.3 Å². The van der Waals surface area contributed by atoms with Gasteiger partial charge in [-0.2, -0.15) is 0 Å². The van der Waals surface area contributed by atoms with Gasteiger partial charge >= 0.3 is 0 Å². The van der Waals surface area contributed by atoms with Crippen LogP contribution in [0, 0.1) is 6.92 Å². The second-order valence-corrected chi connectivity index (χ2v) is 5.99. The molecule has 0 aromatic heterocycles. The molecule has 0 heterocycles. The van der Waals surface area contributed by atoms with Crippen LogP contribution in [0.3, 0.4) is 0 Å². The topological polar surface area (TPSA) is 12.0 Å². The first kappa shape index (κ1) is 13.6. The van der Waals surface area contributed by atoms with Gasteiger partial charge in [0.05, 0.1) is 0 Å². The van der Waals surface area contributed by atoms with Crippen LogP contribution in [-0.2, 0) is 0 Å². The number of hydrogen-bond donors (Lipinski definition) is 1. The second kappa shape index (κ2) is 6.31. The van der Waals surface area contributed by atoms with Crippen molar-refractivity contribution in [3.05, 3.63) is 29.8 Å². The van der Waals surface area contributed by atoms with E-state index in [4.69, 9.17) is 0 Å². The predicted molar refractivity (Wildman–Crippen MR) is 74.3 cm³/mol. The van der Waals surface area contributed by atoms with Gasteiger partial charge in [0.25, 0.3) is 0 Å². The highest BCUT2D eigenvalue weighted by atomic mass is 32.2. The van der Waals surface area contributed by atoms with Crippen LogP contribution < -0.4 is 5.32 Å². The van der Waals surface area contributed by atoms with Gasteiger partial charge in [-0.1, -0.05) is 24.6 Å². The zero-order chi connectivity index (χ0) is 12.0. The molecule has 90 valence electrons. The first-order valence-electron chi connectivity index (χ1n) is 5.98. The summed E-state index contributed by atoms with van der Waals surface area (Å²) in [6.45, 7) is 9.92. The average Bonchev–Trinajstić information content (AvgIpc) is 2.27. The van der Waals surface area contributed by atoms with Gasteiger partial charge in [-0.3, -0.25) is 0 Å². The van der Waals surface area contributed by atoms with Crippen molar-refractivity contribution in [1.29, 1.82) is 0 Å². The van der Waals surface area contributed by atoms with E-state index in [0.717, 1.165) is 12.3 Å². The molecular formula is C14H23NS. The molecule has 1 aromatic carbocycles. The largest absolute Gasteiger partial charge is 0.311 e. The minimum atomic E-state index is 0.272. The maximum atomic E-state index is 3.57. The Balaban J connectivity index is 2.23. The Morgan fingerprint density at radius 2 is 1.81 bits per heavy atom. The normalized spacial score (nSPS) is 11.8. The Bertz CT molecular complexity index is 303. The molecule has 0 amide bonds. The van der Waals surface area contributed by atoms with Crippen molar-refractivity contribution in [3.63, 3.8) is 0 Å². The lowest BCUT2D eigenvalue weighted by atomic mass is 10.0. The quantitative estimate of drug-likeness (QED) is 0.595. The molecule has 0 saturated heterocycles. The molecular weight excluding hydrogens is 214 g/mol. The summed E-state index contributed by atoms with van der Waals surface area (Å²) in [5, 5.41) is 3.57. The van der Waals surface area contributed by atoms with Gasteiger partial charge in [0.1, 0.15) is 0 Å². The molecule has 0 unspecified atom stereocenters. The summed E-state index contributed by atoms with van der Waals surface area (Å²) >= 11 is 1.92. The van der Waals surface area contributed by atoms with Crippen LogP contribution in [0.25, 0.3) is 0 Å². The lowest BCUT2D eigenvalue weighted by Crippen LogP contribution is -2.39. The molecule has 0 aliphatic heterocycles. The van der Waals surface area contributed by atoms with Crippen LogP contribution in [0.1, 0.15) is 32.8 Å². The van der Waals surface area contributed by atoms with Gasteiger partial charge in [-0.25, -0.2) is 0 Å². The zero-order valence-corrected chi connectivity index (χ0v) is 11.7. The molecule has 0 fully saturated rings. The van der Waals surface area contributed by atoms with Crippen LogP contribution in [0.5, 0.6) is 0 Å². The third kappa shape index (κ3) is 5.04. The number of rotatable bonds is 6. The Kier molecular flexibility index (Phi) is 5.36. The standard InChI is InChI=1S/C14H23NS/c1-5-14(3,4)15-10-11-16-13-8-6-12(2)7-9-13/h6-9,15H,5,10-11H2,1-4H3. The Labute approximate surface area is 104 Å². The van der Waals surface area contributed by atoms with Gasteiger partial charge < -0.3 is 5.32 Å². The third-order valence-electron chi connectivity index (χ3n) is 2.88. The second-order valence-electron chi connectivity index (χ2n) is 4.83. The molecule has 0 aliphatic rings. The van der Waals surface area contributed by atoms with Crippen LogP contribution >= 0.6 is 11.8 Å². The highest BCUT2D eigenvalue weighted by Gasteiger charge is 2.12. The van der Waals surface area contributed by atoms with Crippen LogP contribution in [-0.4, -0.2) is 17.8 Å². The highest BCUT2D eigenvalue weighted by Crippen LogP contribution is 2.18. The smallest absolute Gasteiger partial charge is 0.0122 e. The van der Waals surface area contributed by atoms with Crippen LogP contribution in [0.4, 0.5) is 0 Å². The van der Waals surface area contributed by atoms with Crippen molar-refractivity contribution in [2.24, 2.45) is 0 Å². The molecule has 1 nitrogen and oxygen atoms in total. The highest BCUT2D eigenvalue weighted by molar-refractivity contribution is 7.99. The predicted octanol–water partition coefficient (Wildman–Crippen LogP) is 3.87. The van der Waals surface area contributed by atoms with E-state index in [0.29, 0.717) is 0 Å². The van der Waals surface area contributed by atoms with E-state index in [1.807, 2.05) is 11.8 Å². The average molecular weight is 237 g/mol. The third-order valence-corrected chi connectivity index (χ3v) is 3.89. The summed E-state index contributed by atoms with van der Waals surface area (Å²) in [7, 11) is 0. The van der Waals surface area contributed by atoms with Crippen molar-refractivity contribution in [1.82, 2.24) is 5.32 Å². The van der Waals surface area contributed by atoms with E-state index in [1.165, 1.54) is 16.9 Å². The van der Waals surface area contributed by atoms with E-state index in [2.05, 4.69) is 57.3 Å². The molecule has 16 heavy (non-hydrogen) atoms. The maximum absolute atomic E-state index is 3.57. The maximum Gasteiger partial charge on any atom is 0.0122 e. The molecule has 1 N–H and O–H groups in total. The molecule has 0 saturated carbocycles. The zero-order valence-electron chi connectivity index (χ0n) is 10.8. The molecule has 2 heteroatoms. The number of hydrogen-bond acceptors (Lipinski definition) is 2. The van der Waals surface area contributed by atoms with Gasteiger partial charge in [0.15, 0.2) is 0 Å². The summed E-state index contributed by atoms with van der Waals surface area (Å²) < 4.78 is 0. The number of nitrogens with one attached hydrogen (secondary N) is 1. The van der Waals surface area contributed by atoms with Crippen molar-refractivity contribution in [2.45, 2.75) is 44.6 Å². The minimum absolute atomic E-state index is 0.272. The summed E-state index contributed by atoms with van der Waals surface area (Å²) in [4.78, 5) is 1.36. The summed E-state index contributed by atoms with van der Waals surface area (Å²) in [6.07, 6.45) is 1.17. The molecule has 0 radical (unpaired) electrons. The Hall–Kier alpha value is -0.470. The summed E-state index contributed by atoms with van der Waals surface area (Å²) in [6, 6.07) is 8.74. The number of aryl methyl sites for hydroxylation is 1. The van der Waals surface area contributed by atoms with Gasteiger partial charge in [-0.05, 0) is 39.3 Å². The molecule has 0 spiro atoms. The van der Waals surface area contributed by atoms with Crippen LogP contribution in [0.2, 0.25) is 0 Å². The fourth-order valence-corrected chi connectivity index (χ4v) is 2.09. The monoisotopic (exact) mass is 237 g/mol. The lowest BCUT2D eigenvalue weighted by Gasteiger charge is -2.24. The van der Waals surface area contributed by atoms with Gasteiger partial charge in [0, 0.05) is 22.7 Å². The Morgan fingerprint density at radius 3 is 2.38 bits per heavy atom. The first-order valence-corrected chi connectivity index (χ1v) is 6.96. The van der Waals surface area contributed by atoms with Crippen molar-refractivity contribution < 1.29 is 0 Å². The Morgan fingerprint density at radius 1 is 1.19 bits per heavy atom. The fourth-order valence-electron chi connectivity index (χ4n) is 1.32. The molecule has 1 aromatic rings. The van der Waals surface area contributed by atoms with Crippen molar-refractivity contribution in [3.8, 4) is 0 Å². The summed E-state index contributed by atoms with van der Waals surface area (Å²) in [5.74, 6) is 1.13. The van der Waals surface area contributed by atoms with E-state index < -0.39 is 0 Å². The van der Waals surface area contributed by atoms with E-state index in [1.54, 1.807) is 0 Å². The van der Waals surface area contributed by atoms with Crippen molar-refractivity contribution >= 4 is 11.8 Å². The van der Waals surface area contributed by atoms with E-state index in [-0.39, 0.29) is 5.54 Å². The fraction of sp³-hybridized carbons (Fsp3) is 0.571. The van der Waals surface area contributed by atoms with Crippen LogP contribution in [0.15, 0.2) is 29.2 Å². The molecule has 0 aliphatic carbocycles. The lowest BCUT2D eigenvalue weighted by molar-refractivity contribution is 0.388. The van der Waals surface area contributed by atoms with E-state index >= 15 is 0 Å². The first-order chi connectivity index (χ1) is 7.53. The van der Waals surface area contributed by atoms with Gasteiger partial charge in [-0.15, -0.1) is 11.8 Å². The SMILES string of the molecule is CCC(C)(C)NCCSc1ccc(C)cc1.